The molecule has 0 aromatic heterocycles. The molecule has 2 heteroatoms. The lowest BCUT2D eigenvalue weighted by Crippen LogP contribution is -2.31. The van der Waals surface area contributed by atoms with Crippen LogP contribution in [0.5, 0.6) is 0 Å². The van der Waals surface area contributed by atoms with E-state index in [0.29, 0.717) is 24.0 Å². The fourth-order valence-corrected chi connectivity index (χ4v) is 2.39. The van der Waals surface area contributed by atoms with Crippen LogP contribution in [0.3, 0.4) is 0 Å². The quantitative estimate of drug-likeness (QED) is 0.685. The maximum atomic E-state index is 9.21. The van der Waals surface area contributed by atoms with Crippen LogP contribution in [0.15, 0.2) is 0 Å². The van der Waals surface area contributed by atoms with Gasteiger partial charge in [0, 0.05) is 12.6 Å². The highest BCUT2D eigenvalue weighted by molar-refractivity contribution is 4.91. The molecule has 0 bridgehead atoms. The molecule has 3 atom stereocenters. The summed E-state index contributed by atoms with van der Waals surface area (Å²) in [6, 6.07) is 0.522. The van der Waals surface area contributed by atoms with Crippen molar-refractivity contribution in [3.05, 3.63) is 0 Å². The first-order chi connectivity index (χ1) is 5.99. The van der Waals surface area contributed by atoms with Crippen LogP contribution in [-0.4, -0.2) is 24.8 Å². The molecule has 13 heavy (non-hydrogen) atoms. The molecule has 0 aromatic rings. The molecule has 0 amide bonds. The van der Waals surface area contributed by atoms with Gasteiger partial charge in [0.2, 0.25) is 0 Å². The van der Waals surface area contributed by atoms with E-state index in [4.69, 9.17) is 0 Å². The first kappa shape index (κ1) is 11.0. The van der Waals surface area contributed by atoms with E-state index in [1.807, 2.05) is 7.05 Å². The third kappa shape index (κ3) is 2.44. The number of rotatable bonds is 2. The van der Waals surface area contributed by atoms with Crippen molar-refractivity contribution < 1.29 is 5.11 Å². The van der Waals surface area contributed by atoms with Crippen molar-refractivity contribution in [2.24, 2.45) is 17.3 Å². The molecule has 1 fully saturated rings. The minimum atomic E-state index is 0.331. The van der Waals surface area contributed by atoms with Crippen molar-refractivity contribution in [2.75, 3.05) is 13.7 Å². The molecule has 0 spiro atoms. The highest BCUT2D eigenvalue weighted by atomic mass is 16.3. The van der Waals surface area contributed by atoms with Crippen LogP contribution < -0.4 is 5.32 Å². The zero-order valence-corrected chi connectivity index (χ0v) is 9.30. The SMILES string of the molecule is CNC1CC(C(C)(C)C)CC1CO. The molecule has 1 saturated carbocycles. The van der Waals surface area contributed by atoms with E-state index in [2.05, 4.69) is 26.1 Å². The smallest absolute Gasteiger partial charge is 0.0474 e. The van der Waals surface area contributed by atoms with Gasteiger partial charge in [-0.15, -0.1) is 0 Å². The van der Waals surface area contributed by atoms with Crippen molar-refractivity contribution in [1.29, 1.82) is 0 Å². The van der Waals surface area contributed by atoms with Gasteiger partial charge in [0.05, 0.1) is 0 Å². The molecule has 2 N–H and O–H groups in total. The molecule has 0 heterocycles. The van der Waals surface area contributed by atoms with Crippen molar-refractivity contribution in [3.8, 4) is 0 Å². The fourth-order valence-electron chi connectivity index (χ4n) is 2.39. The maximum absolute atomic E-state index is 9.21. The molecule has 2 nitrogen and oxygen atoms in total. The van der Waals surface area contributed by atoms with Crippen molar-refractivity contribution in [3.63, 3.8) is 0 Å². The van der Waals surface area contributed by atoms with Crippen LogP contribution in [-0.2, 0) is 0 Å². The summed E-state index contributed by atoms with van der Waals surface area (Å²) in [6.45, 7) is 7.22. The summed E-state index contributed by atoms with van der Waals surface area (Å²) in [4.78, 5) is 0. The summed E-state index contributed by atoms with van der Waals surface area (Å²) in [6.07, 6.45) is 2.39. The second-order valence-electron chi connectivity index (χ2n) is 5.37. The topological polar surface area (TPSA) is 32.3 Å². The molecule has 3 unspecified atom stereocenters. The summed E-state index contributed by atoms with van der Waals surface area (Å²) >= 11 is 0. The number of aliphatic hydroxyl groups excluding tert-OH is 1. The summed E-state index contributed by atoms with van der Waals surface area (Å²) in [7, 11) is 2.00. The third-order valence-electron chi connectivity index (χ3n) is 3.52. The van der Waals surface area contributed by atoms with Gasteiger partial charge in [-0.3, -0.25) is 0 Å². The van der Waals surface area contributed by atoms with Crippen LogP contribution in [0.25, 0.3) is 0 Å². The van der Waals surface area contributed by atoms with Crippen molar-refractivity contribution >= 4 is 0 Å². The molecule has 0 aromatic carbocycles. The summed E-state index contributed by atoms with van der Waals surface area (Å²) in [5.74, 6) is 1.22. The normalized spacial score (nSPS) is 35.3. The number of aliphatic hydroxyl groups is 1. The number of nitrogens with one attached hydrogen (secondary N) is 1. The molecular formula is C11H23NO. The van der Waals surface area contributed by atoms with E-state index in [-0.39, 0.29) is 0 Å². The van der Waals surface area contributed by atoms with Gasteiger partial charge in [0.25, 0.3) is 0 Å². The lowest BCUT2D eigenvalue weighted by Gasteiger charge is -2.26. The van der Waals surface area contributed by atoms with Gasteiger partial charge in [-0.2, -0.15) is 0 Å². The maximum Gasteiger partial charge on any atom is 0.0474 e. The van der Waals surface area contributed by atoms with Crippen LogP contribution in [0, 0.1) is 17.3 Å². The number of hydrogen-bond acceptors (Lipinski definition) is 2. The average Bonchev–Trinajstić information content (AvgIpc) is 2.45. The minimum Gasteiger partial charge on any atom is -0.396 e. The molecule has 78 valence electrons. The monoisotopic (exact) mass is 185 g/mol. The molecule has 0 saturated heterocycles. The molecular weight excluding hydrogens is 162 g/mol. The number of hydrogen-bond donors (Lipinski definition) is 2. The Hall–Kier alpha value is -0.0800. The first-order valence-electron chi connectivity index (χ1n) is 5.27. The summed E-state index contributed by atoms with van der Waals surface area (Å²) in [5.41, 5.74) is 0.388. The zero-order valence-electron chi connectivity index (χ0n) is 9.30. The van der Waals surface area contributed by atoms with Gasteiger partial charge in [-0.25, -0.2) is 0 Å². The highest BCUT2D eigenvalue weighted by Gasteiger charge is 2.38. The van der Waals surface area contributed by atoms with E-state index >= 15 is 0 Å². The minimum absolute atomic E-state index is 0.331. The molecule has 0 radical (unpaired) electrons. The summed E-state index contributed by atoms with van der Waals surface area (Å²) < 4.78 is 0. The molecule has 1 aliphatic rings. The predicted molar refractivity (Wildman–Crippen MR) is 55.6 cm³/mol. The Morgan fingerprint density at radius 1 is 1.31 bits per heavy atom. The van der Waals surface area contributed by atoms with Gasteiger partial charge < -0.3 is 10.4 Å². The zero-order chi connectivity index (χ0) is 10.1. The van der Waals surface area contributed by atoms with E-state index < -0.39 is 0 Å². The molecule has 1 aliphatic carbocycles. The lowest BCUT2D eigenvalue weighted by atomic mass is 9.79. The molecule has 1 rings (SSSR count). The highest BCUT2D eigenvalue weighted by Crippen LogP contribution is 2.41. The summed E-state index contributed by atoms with van der Waals surface area (Å²) in [5, 5.41) is 12.5. The van der Waals surface area contributed by atoms with Crippen LogP contribution >= 0.6 is 0 Å². The Bertz CT molecular complexity index is 150. The lowest BCUT2D eigenvalue weighted by molar-refractivity contribution is 0.194. The van der Waals surface area contributed by atoms with E-state index in [9.17, 15) is 5.11 Å². The molecule has 0 aliphatic heterocycles. The third-order valence-corrected chi connectivity index (χ3v) is 3.52. The Morgan fingerprint density at radius 2 is 1.92 bits per heavy atom. The van der Waals surface area contributed by atoms with Gasteiger partial charge in [0.15, 0.2) is 0 Å². The van der Waals surface area contributed by atoms with E-state index in [1.54, 1.807) is 0 Å². The van der Waals surface area contributed by atoms with Gasteiger partial charge in [-0.05, 0) is 37.1 Å². The van der Waals surface area contributed by atoms with Gasteiger partial charge in [0.1, 0.15) is 0 Å². The second-order valence-corrected chi connectivity index (χ2v) is 5.37. The first-order valence-corrected chi connectivity index (χ1v) is 5.27. The van der Waals surface area contributed by atoms with Crippen LogP contribution in [0.2, 0.25) is 0 Å². The standard InChI is InChI=1S/C11H23NO/c1-11(2,3)9-5-8(7-13)10(6-9)12-4/h8-10,12-13H,5-7H2,1-4H3. The van der Waals surface area contributed by atoms with E-state index in [0.717, 1.165) is 5.92 Å². The van der Waals surface area contributed by atoms with E-state index in [1.165, 1.54) is 12.8 Å². The Labute approximate surface area is 81.7 Å². The van der Waals surface area contributed by atoms with Gasteiger partial charge >= 0.3 is 0 Å². The van der Waals surface area contributed by atoms with Crippen molar-refractivity contribution in [1.82, 2.24) is 5.32 Å². The van der Waals surface area contributed by atoms with Crippen LogP contribution in [0.4, 0.5) is 0 Å². The average molecular weight is 185 g/mol. The Balaban J connectivity index is 2.58. The Morgan fingerprint density at radius 3 is 2.23 bits per heavy atom. The Kier molecular flexibility index (Phi) is 3.36. The second kappa shape index (κ2) is 3.97. The van der Waals surface area contributed by atoms with Gasteiger partial charge in [-0.1, -0.05) is 20.8 Å². The van der Waals surface area contributed by atoms with Crippen LogP contribution in [0.1, 0.15) is 33.6 Å². The predicted octanol–water partition coefficient (Wildman–Crippen LogP) is 1.64. The fraction of sp³-hybridized carbons (Fsp3) is 1.00. The van der Waals surface area contributed by atoms with Crippen molar-refractivity contribution in [2.45, 2.75) is 39.7 Å². The largest absolute Gasteiger partial charge is 0.396 e.